The molecule has 0 fully saturated rings. The first kappa shape index (κ1) is 15.5. The number of primary amides is 1. The molecule has 0 aliphatic heterocycles. The molecule has 2 unspecified atom stereocenters. The number of urea groups is 1. The third kappa shape index (κ3) is 4.59. The summed E-state index contributed by atoms with van der Waals surface area (Å²) in [5.41, 5.74) is 4.90. The second-order valence-corrected chi connectivity index (χ2v) is 4.21. The Morgan fingerprint density at radius 2 is 2.10 bits per heavy atom. The Balaban J connectivity index is 2.57. The van der Waals surface area contributed by atoms with Gasteiger partial charge in [0.1, 0.15) is 17.8 Å². The van der Waals surface area contributed by atoms with Crippen molar-refractivity contribution in [2.75, 3.05) is 0 Å². The van der Waals surface area contributed by atoms with E-state index in [9.17, 15) is 14.4 Å². The van der Waals surface area contributed by atoms with Crippen LogP contribution in [0.15, 0.2) is 10.6 Å². The number of hydrogen-bond acceptors (Lipinski definition) is 5. The van der Waals surface area contributed by atoms with Crippen LogP contribution >= 0.6 is 0 Å². The molecule has 3 amide bonds. The van der Waals surface area contributed by atoms with E-state index in [4.69, 9.17) is 15.3 Å². The van der Waals surface area contributed by atoms with E-state index >= 15 is 0 Å². The predicted molar refractivity (Wildman–Crippen MR) is 66.6 cm³/mol. The summed E-state index contributed by atoms with van der Waals surface area (Å²) in [5, 5.41) is 13.4. The van der Waals surface area contributed by atoms with Crippen molar-refractivity contribution >= 4 is 17.9 Å². The lowest BCUT2D eigenvalue weighted by molar-refractivity contribution is -0.140. The first-order chi connectivity index (χ1) is 9.29. The molecule has 1 aromatic rings. The van der Waals surface area contributed by atoms with Crippen molar-refractivity contribution in [2.24, 2.45) is 5.73 Å². The zero-order valence-electron chi connectivity index (χ0n) is 11.0. The maximum Gasteiger partial charge on any atom is 0.326 e. The molecule has 1 heterocycles. The van der Waals surface area contributed by atoms with Crippen LogP contribution in [0.3, 0.4) is 0 Å². The van der Waals surface area contributed by atoms with Gasteiger partial charge in [0.15, 0.2) is 0 Å². The van der Waals surface area contributed by atoms with E-state index in [2.05, 4.69) is 15.6 Å². The first-order valence-electron chi connectivity index (χ1n) is 5.80. The van der Waals surface area contributed by atoms with Crippen molar-refractivity contribution in [1.29, 1.82) is 0 Å². The highest BCUT2D eigenvalue weighted by molar-refractivity contribution is 5.87. The molecule has 0 radical (unpaired) electrons. The lowest BCUT2D eigenvalue weighted by Gasteiger charge is -2.15. The van der Waals surface area contributed by atoms with Crippen molar-refractivity contribution in [1.82, 2.24) is 15.6 Å². The van der Waals surface area contributed by atoms with E-state index < -0.39 is 36.4 Å². The number of carbonyl (C=O) groups is 3. The third-order valence-electron chi connectivity index (χ3n) is 2.37. The van der Waals surface area contributed by atoms with E-state index in [0.717, 1.165) is 0 Å². The standard InChI is InChI=1S/C11H16N4O5/c1-5-4-13-9(20-5)6(2)14-11(19)15-7(10(17)18)3-8(12)16/h4,6-7H,3H2,1-2H3,(H2,12,16)(H,17,18)(H2,14,15,19). The lowest BCUT2D eigenvalue weighted by Crippen LogP contribution is -2.48. The van der Waals surface area contributed by atoms with Gasteiger partial charge in [0.05, 0.1) is 12.6 Å². The Labute approximate surface area is 114 Å². The summed E-state index contributed by atoms with van der Waals surface area (Å²) in [6, 6.07) is -2.69. The summed E-state index contributed by atoms with van der Waals surface area (Å²) in [6.07, 6.45) is 1.01. The van der Waals surface area contributed by atoms with Gasteiger partial charge in [-0.3, -0.25) is 4.79 Å². The van der Waals surface area contributed by atoms with Crippen LogP contribution < -0.4 is 16.4 Å². The molecule has 110 valence electrons. The zero-order valence-corrected chi connectivity index (χ0v) is 11.0. The number of nitrogens with one attached hydrogen (secondary N) is 2. The van der Waals surface area contributed by atoms with Gasteiger partial charge in [0, 0.05) is 0 Å². The van der Waals surface area contributed by atoms with E-state index in [1.807, 2.05) is 0 Å². The van der Waals surface area contributed by atoms with Crippen molar-refractivity contribution in [3.63, 3.8) is 0 Å². The number of rotatable bonds is 6. The van der Waals surface area contributed by atoms with Crippen LogP contribution in [-0.2, 0) is 9.59 Å². The summed E-state index contributed by atoms with van der Waals surface area (Å²) >= 11 is 0. The number of aliphatic carboxylic acids is 1. The predicted octanol–water partition coefficient (Wildman–Crippen LogP) is -0.328. The largest absolute Gasteiger partial charge is 0.480 e. The quantitative estimate of drug-likeness (QED) is 0.562. The summed E-state index contributed by atoms with van der Waals surface area (Å²) in [6.45, 7) is 3.32. The Bertz CT molecular complexity index is 513. The Hall–Kier alpha value is -2.58. The zero-order chi connectivity index (χ0) is 15.3. The summed E-state index contributed by atoms with van der Waals surface area (Å²) in [5.74, 6) is -1.29. The number of carboxylic acids is 1. The number of carboxylic acid groups (broad SMARTS) is 1. The first-order valence-corrected chi connectivity index (χ1v) is 5.80. The van der Waals surface area contributed by atoms with E-state index in [1.54, 1.807) is 13.8 Å². The number of hydrogen-bond donors (Lipinski definition) is 4. The van der Waals surface area contributed by atoms with Gasteiger partial charge >= 0.3 is 12.0 Å². The van der Waals surface area contributed by atoms with Gasteiger partial charge < -0.3 is 25.9 Å². The number of aromatic nitrogens is 1. The van der Waals surface area contributed by atoms with Crippen LogP contribution in [0.5, 0.6) is 0 Å². The molecule has 0 saturated heterocycles. The lowest BCUT2D eigenvalue weighted by atomic mass is 10.2. The molecule has 0 bridgehead atoms. The molecule has 2 atom stereocenters. The number of aryl methyl sites for hydroxylation is 1. The Morgan fingerprint density at radius 1 is 1.45 bits per heavy atom. The summed E-state index contributed by atoms with van der Waals surface area (Å²) in [7, 11) is 0. The Morgan fingerprint density at radius 3 is 2.55 bits per heavy atom. The third-order valence-corrected chi connectivity index (χ3v) is 2.37. The molecule has 9 nitrogen and oxygen atoms in total. The molecule has 0 aliphatic carbocycles. The number of oxazole rings is 1. The molecular weight excluding hydrogens is 268 g/mol. The average Bonchev–Trinajstić information content (AvgIpc) is 2.74. The molecule has 20 heavy (non-hydrogen) atoms. The molecule has 1 aromatic heterocycles. The van der Waals surface area contributed by atoms with Gasteiger partial charge in [-0.25, -0.2) is 14.6 Å². The van der Waals surface area contributed by atoms with Crippen LogP contribution in [-0.4, -0.2) is 34.0 Å². The van der Waals surface area contributed by atoms with Crippen LogP contribution in [0.2, 0.25) is 0 Å². The highest BCUT2D eigenvalue weighted by atomic mass is 16.4. The van der Waals surface area contributed by atoms with Crippen molar-refractivity contribution < 1.29 is 23.9 Å². The molecule has 9 heteroatoms. The van der Waals surface area contributed by atoms with E-state index in [-0.39, 0.29) is 0 Å². The number of carbonyl (C=O) groups excluding carboxylic acids is 2. The monoisotopic (exact) mass is 284 g/mol. The maximum atomic E-state index is 11.6. The van der Waals surface area contributed by atoms with Gasteiger partial charge in [-0.05, 0) is 13.8 Å². The second kappa shape index (κ2) is 6.55. The summed E-state index contributed by atoms with van der Waals surface area (Å²) < 4.78 is 5.22. The minimum Gasteiger partial charge on any atom is -0.480 e. The van der Waals surface area contributed by atoms with Crippen LogP contribution in [0.25, 0.3) is 0 Å². The fourth-order valence-corrected chi connectivity index (χ4v) is 1.43. The number of nitrogens with zero attached hydrogens (tertiary/aromatic N) is 1. The normalized spacial score (nSPS) is 13.3. The van der Waals surface area contributed by atoms with Crippen molar-refractivity contribution in [3.8, 4) is 0 Å². The van der Waals surface area contributed by atoms with E-state index in [1.165, 1.54) is 6.20 Å². The van der Waals surface area contributed by atoms with Crippen molar-refractivity contribution in [3.05, 3.63) is 17.8 Å². The minimum absolute atomic E-state index is 0.291. The SMILES string of the molecule is Cc1cnc(C(C)NC(=O)NC(CC(N)=O)C(=O)O)o1. The van der Waals surface area contributed by atoms with Crippen molar-refractivity contribution in [2.45, 2.75) is 32.4 Å². The molecular formula is C11H16N4O5. The number of amides is 3. The molecule has 5 N–H and O–H groups in total. The van der Waals surface area contributed by atoms with Gasteiger partial charge in [-0.2, -0.15) is 0 Å². The topological polar surface area (TPSA) is 148 Å². The average molecular weight is 284 g/mol. The summed E-state index contributed by atoms with van der Waals surface area (Å²) in [4.78, 5) is 37.1. The fourth-order valence-electron chi connectivity index (χ4n) is 1.43. The highest BCUT2D eigenvalue weighted by Gasteiger charge is 2.23. The molecule has 0 spiro atoms. The molecule has 0 aliphatic rings. The Kier molecular flexibility index (Phi) is 5.07. The fraction of sp³-hybridized carbons (Fsp3) is 0.455. The van der Waals surface area contributed by atoms with E-state index in [0.29, 0.717) is 11.7 Å². The van der Waals surface area contributed by atoms with Gasteiger partial charge in [-0.1, -0.05) is 0 Å². The number of nitrogens with two attached hydrogens (primary N) is 1. The van der Waals surface area contributed by atoms with Crippen LogP contribution in [0.4, 0.5) is 4.79 Å². The highest BCUT2D eigenvalue weighted by Crippen LogP contribution is 2.11. The van der Waals surface area contributed by atoms with Crippen LogP contribution in [0, 0.1) is 6.92 Å². The van der Waals surface area contributed by atoms with Crippen LogP contribution in [0.1, 0.15) is 31.0 Å². The van der Waals surface area contributed by atoms with Gasteiger partial charge in [0.2, 0.25) is 11.8 Å². The van der Waals surface area contributed by atoms with Gasteiger partial charge in [0.25, 0.3) is 0 Å². The minimum atomic E-state index is -1.38. The van der Waals surface area contributed by atoms with Gasteiger partial charge in [-0.15, -0.1) is 0 Å². The molecule has 0 aromatic carbocycles. The second-order valence-electron chi connectivity index (χ2n) is 4.21. The maximum absolute atomic E-state index is 11.6. The molecule has 0 saturated carbocycles. The smallest absolute Gasteiger partial charge is 0.326 e. The molecule has 1 rings (SSSR count).